The van der Waals surface area contributed by atoms with Gasteiger partial charge in [-0.3, -0.25) is 4.79 Å². The maximum Gasteiger partial charge on any atom is 0.456 e. The van der Waals surface area contributed by atoms with Crippen LogP contribution in [-0.2, 0) is 4.79 Å². The van der Waals surface area contributed by atoms with Gasteiger partial charge in [0.2, 0.25) is 0 Å². The van der Waals surface area contributed by atoms with Crippen LogP contribution in [0.5, 0.6) is 0 Å². The Morgan fingerprint density at radius 3 is 2.51 bits per heavy atom. The van der Waals surface area contributed by atoms with E-state index in [1.165, 1.54) is 6.92 Å². The van der Waals surface area contributed by atoms with Gasteiger partial charge in [0.25, 0.3) is 0 Å². The van der Waals surface area contributed by atoms with E-state index in [-0.39, 0.29) is 43.0 Å². The van der Waals surface area contributed by atoms with Gasteiger partial charge in [-0.15, -0.1) is 6.58 Å². The zero-order chi connectivity index (χ0) is 31.2. The first-order chi connectivity index (χ1) is 20.2. The summed E-state index contributed by atoms with van der Waals surface area (Å²) in [6.45, 7) is 5.38. The molecule has 5 rings (SSSR count). The summed E-state index contributed by atoms with van der Waals surface area (Å²) in [5, 5.41) is 16.6. The number of ketones is 1. The third-order valence-electron chi connectivity index (χ3n) is 10.5. The third kappa shape index (κ3) is 5.28. The van der Waals surface area contributed by atoms with E-state index in [4.69, 9.17) is 0 Å². The maximum absolute atomic E-state index is 15.1. The second kappa shape index (κ2) is 11.4. The van der Waals surface area contributed by atoms with E-state index in [1.807, 2.05) is 12.1 Å². The van der Waals surface area contributed by atoms with E-state index < -0.39 is 41.4 Å². The van der Waals surface area contributed by atoms with Crippen LogP contribution >= 0.6 is 0 Å². The van der Waals surface area contributed by atoms with E-state index in [2.05, 4.69) is 29.1 Å². The number of nitrogens with one attached hydrogen (secondary N) is 2. The molecule has 5 nitrogen and oxygen atoms in total. The Hall–Kier alpha value is -3.19. The number of carbonyl (C=O) groups excluding carboxylic acids is 2. The van der Waals surface area contributed by atoms with Crippen LogP contribution in [0.25, 0.3) is 0 Å². The lowest BCUT2D eigenvalue weighted by atomic mass is 9.49. The Bertz CT molecular complexity index is 1380. The number of alkyl halides is 5. The van der Waals surface area contributed by atoms with Crippen molar-refractivity contribution in [2.75, 3.05) is 13.1 Å². The highest BCUT2D eigenvalue weighted by Crippen LogP contribution is 2.70. The molecule has 4 aliphatic carbocycles. The number of amides is 2. The predicted molar refractivity (Wildman–Crippen MR) is 151 cm³/mol. The predicted octanol–water partition coefficient (Wildman–Crippen LogP) is 6.43. The van der Waals surface area contributed by atoms with Gasteiger partial charge in [-0.25, -0.2) is 4.79 Å². The highest BCUT2D eigenvalue weighted by molar-refractivity contribution is 5.81. The Labute approximate surface area is 248 Å². The van der Waals surface area contributed by atoms with Gasteiger partial charge in [-0.1, -0.05) is 48.1 Å². The minimum atomic E-state index is -5.88. The molecule has 0 saturated heterocycles. The van der Waals surface area contributed by atoms with Crippen molar-refractivity contribution in [3.63, 3.8) is 0 Å². The summed E-state index contributed by atoms with van der Waals surface area (Å²) in [7, 11) is 0. The maximum atomic E-state index is 15.1. The first kappa shape index (κ1) is 31.2. The molecule has 0 aromatic heterocycles. The molecule has 0 spiro atoms. The number of hydrogen-bond donors (Lipinski definition) is 3. The smallest absolute Gasteiger partial charge is 0.383 e. The number of carbonyl (C=O) groups is 2. The molecular formula is C33H37F5N2O3. The van der Waals surface area contributed by atoms with Gasteiger partial charge in [0.15, 0.2) is 0 Å². The number of halogens is 5. The topological polar surface area (TPSA) is 78.4 Å². The van der Waals surface area contributed by atoms with Gasteiger partial charge in [-0.05, 0) is 74.0 Å². The molecule has 6 atom stereocenters. The zero-order valence-corrected chi connectivity index (χ0v) is 24.1. The molecule has 43 heavy (non-hydrogen) atoms. The molecule has 3 saturated carbocycles. The summed E-state index contributed by atoms with van der Waals surface area (Å²) in [5.41, 5.74) is -1.25. The van der Waals surface area contributed by atoms with Gasteiger partial charge in [0, 0.05) is 36.3 Å². The van der Waals surface area contributed by atoms with Crippen molar-refractivity contribution in [1.82, 2.24) is 10.6 Å². The average molecular weight is 605 g/mol. The summed E-state index contributed by atoms with van der Waals surface area (Å²) < 4.78 is 71.5. The number of aliphatic hydroxyl groups is 1. The molecule has 10 heteroatoms. The lowest BCUT2D eigenvalue weighted by molar-refractivity contribution is -0.362. The molecule has 0 aliphatic heterocycles. The molecule has 232 valence electrons. The Morgan fingerprint density at radius 2 is 1.84 bits per heavy atom. The van der Waals surface area contributed by atoms with Gasteiger partial charge >= 0.3 is 18.1 Å². The van der Waals surface area contributed by atoms with Gasteiger partial charge in [0.1, 0.15) is 11.4 Å². The molecule has 0 radical (unpaired) electrons. The van der Waals surface area contributed by atoms with Crippen molar-refractivity contribution in [3.8, 4) is 11.8 Å². The molecule has 1 aromatic rings. The summed E-state index contributed by atoms with van der Waals surface area (Å²) in [4.78, 5) is 23.9. The summed E-state index contributed by atoms with van der Waals surface area (Å²) in [6, 6.07) is 6.80. The lowest BCUT2D eigenvalue weighted by Crippen LogP contribution is -2.65. The molecule has 3 unspecified atom stereocenters. The van der Waals surface area contributed by atoms with Crippen LogP contribution in [0.1, 0.15) is 75.3 Å². The molecule has 3 N–H and O–H groups in total. The SMILES string of the molecule is C=CCNC(=O)NCC#Cc1ccc([C@H]2C[C@@]3(C)C(CC[C@@]3(O)C(F)(F)C(F)(F)F)C3CCC4CC(=O)CCC4=C32)cc1. The fourth-order valence-corrected chi connectivity index (χ4v) is 8.43. The van der Waals surface area contributed by atoms with E-state index in [1.54, 1.807) is 18.2 Å². The monoisotopic (exact) mass is 604 g/mol. The Balaban J connectivity index is 1.49. The van der Waals surface area contributed by atoms with E-state index in [0.29, 0.717) is 44.2 Å². The number of Topliss-reactive ketones (excluding diaryl/α,β-unsaturated/α-hetero) is 1. The molecular weight excluding hydrogens is 567 g/mol. The van der Waals surface area contributed by atoms with Gasteiger partial charge in [0.05, 0.1) is 6.54 Å². The van der Waals surface area contributed by atoms with Crippen molar-refractivity contribution in [3.05, 3.63) is 59.2 Å². The fraction of sp³-hybridized carbons (Fsp3) is 0.576. The standard InChI is InChI=1S/C33H37F5N2O3/c1-3-16-39-29(42)40-17-4-5-20-6-8-21(9-7-20)26-19-30(2)27(14-15-31(30,43)32(34,35)33(36,37)38)25-12-10-22-18-23(41)11-13-24(22)28(25)26/h3,6-9,22,25-27,43H,1,10-19H2,2H3,(H2,39,40,42)/t22?,25?,26-,27?,30+,31+/m1/s1. The fourth-order valence-electron chi connectivity index (χ4n) is 8.43. The van der Waals surface area contributed by atoms with Gasteiger partial charge < -0.3 is 15.7 Å². The number of fused-ring (bicyclic) bond motifs is 4. The molecule has 4 aliphatic rings. The van der Waals surface area contributed by atoms with Crippen LogP contribution in [0.15, 0.2) is 48.1 Å². The highest BCUT2D eigenvalue weighted by Gasteiger charge is 2.79. The van der Waals surface area contributed by atoms with Crippen LogP contribution in [0.3, 0.4) is 0 Å². The minimum Gasteiger partial charge on any atom is -0.383 e. The van der Waals surface area contributed by atoms with Gasteiger partial charge in [-0.2, -0.15) is 22.0 Å². The van der Waals surface area contributed by atoms with Crippen LogP contribution in [0, 0.1) is 35.0 Å². The van der Waals surface area contributed by atoms with Crippen molar-refractivity contribution in [2.24, 2.45) is 23.2 Å². The summed E-state index contributed by atoms with van der Waals surface area (Å²) in [6.07, 6.45) is -2.21. The average Bonchev–Trinajstić information content (AvgIpc) is 3.24. The number of benzene rings is 1. The number of urea groups is 1. The molecule has 0 bridgehead atoms. The largest absolute Gasteiger partial charge is 0.456 e. The van der Waals surface area contributed by atoms with Crippen molar-refractivity contribution in [1.29, 1.82) is 0 Å². The quantitative estimate of drug-likeness (QED) is 0.206. The van der Waals surface area contributed by atoms with E-state index in [9.17, 15) is 27.9 Å². The second-order valence-corrected chi connectivity index (χ2v) is 12.6. The molecule has 3 fully saturated rings. The normalized spacial score (nSPS) is 32.1. The van der Waals surface area contributed by atoms with E-state index >= 15 is 8.78 Å². The van der Waals surface area contributed by atoms with Crippen molar-refractivity contribution >= 4 is 11.8 Å². The number of hydrogen-bond acceptors (Lipinski definition) is 3. The summed E-state index contributed by atoms with van der Waals surface area (Å²) in [5.74, 6) is -0.408. The number of rotatable bonds is 5. The van der Waals surface area contributed by atoms with Crippen molar-refractivity contribution < 1.29 is 36.6 Å². The lowest BCUT2D eigenvalue weighted by Gasteiger charge is -2.56. The zero-order valence-electron chi connectivity index (χ0n) is 24.1. The van der Waals surface area contributed by atoms with Crippen molar-refractivity contribution in [2.45, 2.75) is 81.9 Å². The molecule has 1 aromatic carbocycles. The molecule has 2 amide bonds. The van der Waals surface area contributed by atoms with Crippen LogP contribution in [-0.4, -0.2) is 47.7 Å². The first-order valence-electron chi connectivity index (χ1n) is 14.9. The van der Waals surface area contributed by atoms with Crippen LogP contribution < -0.4 is 10.6 Å². The highest BCUT2D eigenvalue weighted by atomic mass is 19.4. The first-order valence-corrected chi connectivity index (χ1v) is 14.9. The van der Waals surface area contributed by atoms with Crippen LogP contribution in [0.4, 0.5) is 26.7 Å². The molecule has 0 heterocycles. The Morgan fingerprint density at radius 1 is 1.12 bits per heavy atom. The summed E-state index contributed by atoms with van der Waals surface area (Å²) >= 11 is 0. The van der Waals surface area contributed by atoms with Crippen LogP contribution in [0.2, 0.25) is 0 Å². The Kier molecular flexibility index (Phi) is 8.27. The second-order valence-electron chi connectivity index (χ2n) is 12.6. The number of allylic oxidation sites excluding steroid dienone is 2. The van der Waals surface area contributed by atoms with E-state index in [0.717, 1.165) is 16.7 Å². The third-order valence-corrected chi connectivity index (χ3v) is 10.5. The minimum absolute atomic E-state index is 0.0510.